The maximum absolute atomic E-state index is 12.6. The third-order valence-electron chi connectivity index (χ3n) is 4.22. The molecule has 9 nitrogen and oxygen atoms in total. The number of aryl methyl sites for hydroxylation is 1. The molecule has 1 aromatic heterocycles. The SMILES string of the molecule is CC(C)[C@H](N)C(=O)NCC(=O)NC1CCCN(c2cnn(C)c2)C1=O. The molecule has 1 unspecified atom stereocenters. The zero-order valence-corrected chi connectivity index (χ0v) is 14.9. The van der Waals surface area contributed by atoms with Crippen molar-refractivity contribution in [1.29, 1.82) is 0 Å². The van der Waals surface area contributed by atoms with Crippen molar-refractivity contribution in [2.24, 2.45) is 18.7 Å². The number of piperidine rings is 1. The number of aromatic nitrogens is 2. The molecule has 2 atom stereocenters. The van der Waals surface area contributed by atoms with Crippen molar-refractivity contribution in [3.63, 3.8) is 0 Å². The van der Waals surface area contributed by atoms with Gasteiger partial charge in [0.1, 0.15) is 6.04 Å². The predicted molar refractivity (Wildman–Crippen MR) is 92.5 cm³/mol. The molecule has 9 heteroatoms. The monoisotopic (exact) mass is 350 g/mol. The van der Waals surface area contributed by atoms with E-state index >= 15 is 0 Å². The Morgan fingerprint density at radius 3 is 2.76 bits per heavy atom. The molecule has 0 saturated carbocycles. The van der Waals surface area contributed by atoms with Gasteiger partial charge in [-0.15, -0.1) is 0 Å². The fraction of sp³-hybridized carbons (Fsp3) is 0.625. The van der Waals surface area contributed by atoms with Gasteiger partial charge < -0.3 is 21.3 Å². The largest absolute Gasteiger partial charge is 0.346 e. The zero-order chi connectivity index (χ0) is 18.6. The maximum Gasteiger partial charge on any atom is 0.249 e. The van der Waals surface area contributed by atoms with Crippen molar-refractivity contribution in [2.75, 3.05) is 18.0 Å². The summed E-state index contributed by atoms with van der Waals surface area (Å²) in [6.45, 7) is 4.06. The molecule has 4 N–H and O–H groups in total. The molecule has 2 heterocycles. The fourth-order valence-electron chi connectivity index (χ4n) is 2.65. The molecular weight excluding hydrogens is 324 g/mol. The molecule has 0 aliphatic carbocycles. The Morgan fingerprint density at radius 1 is 1.44 bits per heavy atom. The van der Waals surface area contributed by atoms with E-state index in [0.29, 0.717) is 18.7 Å². The van der Waals surface area contributed by atoms with Gasteiger partial charge in [-0.25, -0.2) is 0 Å². The van der Waals surface area contributed by atoms with Gasteiger partial charge in [-0.05, 0) is 18.8 Å². The Labute approximate surface area is 146 Å². The Bertz CT molecular complexity index is 642. The molecule has 1 aliphatic rings. The zero-order valence-electron chi connectivity index (χ0n) is 14.9. The highest BCUT2D eigenvalue weighted by Gasteiger charge is 2.31. The van der Waals surface area contributed by atoms with Crippen molar-refractivity contribution in [3.8, 4) is 0 Å². The predicted octanol–water partition coefficient (Wildman–Crippen LogP) is -0.869. The first-order valence-corrected chi connectivity index (χ1v) is 8.42. The highest BCUT2D eigenvalue weighted by Crippen LogP contribution is 2.20. The van der Waals surface area contributed by atoms with Crippen molar-refractivity contribution in [3.05, 3.63) is 12.4 Å². The van der Waals surface area contributed by atoms with Crippen LogP contribution in [0.2, 0.25) is 0 Å². The minimum absolute atomic E-state index is 0.0176. The minimum atomic E-state index is -0.662. The van der Waals surface area contributed by atoms with Crippen LogP contribution in [0.3, 0.4) is 0 Å². The summed E-state index contributed by atoms with van der Waals surface area (Å²) in [5.74, 6) is -0.971. The normalized spacial score (nSPS) is 19.0. The molecule has 1 aliphatic heterocycles. The lowest BCUT2D eigenvalue weighted by atomic mass is 10.0. The Hall–Kier alpha value is -2.42. The van der Waals surface area contributed by atoms with Crippen LogP contribution in [0.25, 0.3) is 0 Å². The first kappa shape index (κ1) is 18.9. The van der Waals surface area contributed by atoms with E-state index in [1.54, 1.807) is 29.0 Å². The molecule has 25 heavy (non-hydrogen) atoms. The van der Waals surface area contributed by atoms with Gasteiger partial charge in [-0.2, -0.15) is 5.10 Å². The highest BCUT2D eigenvalue weighted by atomic mass is 16.2. The summed E-state index contributed by atoms with van der Waals surface area (Å²) in [5, 5.41) is 9.25. The van der Waals surface area contributed by atoms with Gasteiger partial charge >= 0.3 is 0 Å². The van der Waals surface area contributed by atoms with E-state index in [1.807, 2.05) is 13.8 Å². The molecule has 0 aromatic carbocycles. The van der Waals surface area contributed by atoms with E-state index in [9.17, 15) is 14.4 Å². The van der Waals surface area contributed by atoms with Gasteiger partial charge in [0.05, 0.1) is 24.5 Å². The first-order valence-electron chi connectivity index (χ1n) is 8.42. The quantitative estimate of drug-likeness (QED) is 0.616. The van der Waals surface area contributed by atoms with Crippen LogP contribution >= 0.6 is 0 Å². The van der Waals surface area contributed by atoms with Crippen LogP contribution in [0, 0.1) is 5.92 Å². The standard InChI is InChI=1S/C16H26N6O3/c1-10(2)14(17)15(24)18-8-13(23)20-12-5-4-6-22(16(12)25)11-7-19-21(3)9-11/h7,9-10,12,14H,4-6,8,17H2,1-3H3,(H,18,24)(H,20,23)/t12?,14-/m0/s1. The van der Waals surface area contributed by atoms with E-state index in [1.165, 1.54) is 0 Å². The lowest BCUT2D eigenvalue weighted by Gasteiger charge is -2.31. The highest BCUT2D eigenvalue weighted by molar-refractivity contribution is 6.00. The Balaban J connectivity index is 1.88. The number of carbonyl (C=O) groups excluding carboxylic acids is 3. The number of rotatable bonds is 6. The molecule has 138 valence electrons. The topological polar surface area (TPSA) is 122 Å². The van der Waals surface area contributed by atoms with Crippen LogP contribution in [0.4, 0.5) is 5.69 Å². The summed E-state index contributed by atoms with van der Waals surface area (Å²) in [4.78, 5) is 38.0. The molecular formula is C16H26N6O3. The Morgan fingerprint density at radius 2 is 2.16 bits per heavy atom. The first-order chi connectivity index (χ1) is 11.8. The van der Waals surface area contributed by atoms with Gasteiger partial charge in [0.25, 0.3) is 0 Å². The number of carbonyl (C=O) groups is 3. The van der Waals surface area contributed by atoms with Crippen LogP contribution in [-0.4, -0.2) is 52.7 Å². The fourth-order valence-corrected chi connectivity index (χ4v) is 2.65. The van der Waals surface area contributed by atoms with Crippen molar-refractivity contribution in [1.82, 2.24) is 20.4 Å². The molecule has 0 spiro atoms. The Kier molecular flexibility index (Phi) is 6.13. The third kappa shape index (κ3) is 4.79. The van der Waals surface area contributed by atoms with E-state index in [2.05, 4.69) is 15.7 Å². The lowest BCUT2D eigenvalue weighted by Crippen LogP contribution is -2.54. The minimum Gasteiger partial charge on any atom is -0.346 e. The molecule has 1 fully saturated rings. The summed E-state index contributed by atoms with van der Waals surface area (Å²) in [5.41, 5.74) is 6.44. The van der Waals surface area contributed by atoms with Crippen molar-refractivity contribution >= 4 is 23.4 Å². The molecule has 3 amide bonds. The van der Waals surface area contributed by atoms with Crippen LogP contribution < -0.4 is 21.3 Å². The van der Waals surface area contributed by atoms with Crippen LogP contribution in [0.5, 0.6) is 0 Å². The van der Waals surface area contributed by atoms with E-state index in [0.717, 1.165) is 6.42 Å². The number of amides is 3. The average Bonchev–Trinajstić information content (AvgIpc) is 3.00. The summed E-state index contributed by atoms with van der Waals surface area (Å²) >= 11 is 0. The molecule has 0 bridgehead atoms. The summed E-state index contributed by atoms with van der Waals surface area (Å²) in [6, 6.07) is -1.26. The van der Waals surface area contributed by atoms with E-state index in [-0.39, 0.29) is 24.3 Å². The molecule has 1 aromatic rings. The number of hydrogen-bond donors (Lipinski definition) is 3. The molecule has 0 radical (unpaired) electrons. The third-order valence-corrected chi connectivity index (χ3v) is 4.22. The van der Waals surface area contributed by atoms with Gasteiger partial charge in [0.15, 0.2) is 0 Å². The number of nitrogens with two attached hydrogens (primary N) is 1. The van der Waals surface area contributed by atoms with Gasteiger partial charge in [0.2, 0.25) is 17.7 Å². The summed E-state index contributed by atoms with van der Waals surface area (Å²) in [7, 11) is 1.78. The van der Waals surface area contributed by atoms with Gasteiger partial charge in [-0.3, -0.25) is 19.1 Å². The van der Waals surface area contributed by atoms with Gasteiger partial charge in [-0.1, -0.05) is 13.8 Å². The smallest absolute Gasteiger partial charge is 0.249 e. The van der Waals surface area contributed by atoms with Crippen LogP contribution in [0.1, 0.15) is 26.7 Å². The van der Waals surface area contributed by atoms with Gasteiger partial charge in [0, 0.05) is 19.8 Å². The van der Waals surface area contributed by atoms with Crippen LogP contribution in [-0.2, 0) is 21.4 Å². The second kappa shape index (κ2) is 8.11. The van der Waals surface area contributed by atoms with Crippen molar-refractivity contribution in [2.45, 2.75) is 38.8 Å². The maximum atomic E-state index is 12.6. The van der Waals surface area contributed by atoms with Crippen molar-refractivity contribution < 1.29 is 14.4 Å². The number of nitrogens with zero attached hydrogens (tertiary/aromatic N) is 3. The van der Waals surface area contributed by atoms with E-state index in [4.69, 9.17) is 5.73 Å². The number of anilines is 1. The number of hydrogen-bond acceptors (Lipinski definition) is 5. The molecule has 2 rings (SSSR count). The second-order valence-electron chi connectivity index (χ2n) is 6.61. The molecule has 1 saturated heterocycles. The van der Waals surface area contributed by atoms with Crippen LogP contribution in [0.15, 0.2) is 12.4 Å². The lowest BCUT2D eigenvalue weighted by molar-refractivity contribution is -0.130. The summed E-state index contributed by atoms with van der Waals surface area (Å²) < 4.78 is 1.62. The average molecular weight is 350 g/mol. The second-order valence-corrected chi connectivity index (χ2v) is 6.61. The van der Waals surface area contributed by atoms with E-state index < -0.39 is 18.0 Å². The summed E-state index contributed by atoms with van der Waals surface area (Å²) in [6.07, 6.45) is 4.72. The number of nitrogens with one attached hydrogen (secondary N) is 2.